The molecule has 0 saturated carbocycles. The van der Waals surface area contributed by atoms with E-state index in [1.165, 1.54) is 35.5 Å². The van der Waals surface area contributed by atoms with Crippen molar-refractivity contribution in [3.05, 3.63) is 179 Å². The van der Waals surface area contributed by atoms with E-state index in [9.17, 15) is 23.0 Å². The van der Waals surface area contributed by atoms with Crippen LogP contribution >= 0.6 is 35.6 Å². The Morgan fingerprint density at radius 1 is 0.607 bits per heavy atom. The molecular weight excluding hydrogens is 855 g/mol. The van der Waals surface area contributed by atoms with Gasteiger partial charge in [-0.25, -0.2) is 5.26 Å². The minimum absolute atomic E-state index is 0.0127. The SMILES string of the molecule is Cc1ccc(Sc2ccc(Oc3cccc(Oc4ccc(Sc5ccc(Oc6ccc(C(=O)c7ccc(C)c(SOOO)c7)cc6S(=O)(=O)O)cc5)cc4)c3C#N)cc2)cc1. The third kappa shape index (κ3) is 11.2. The maximum Gasteiger partial charge on any atom is 0.298 e. The van der Waals surface area contributed by atoms with Crippen molar-refractivity contribution >= 4 is 51.5 Å². The molecule has 306 valence electrons. The molecule has 0 amide bonds. The number of hydrogen-bond acceptors (Lipinski definition) is 13. The molecule has 0 aliphatic carbocycles. The van der Waals surface area contributed by atoms with Crippen molar-refractivity contribution in [2.24, 2.45) is 0 Å². The van der Waals surface area contributed by atoms with Gasteiger partial charge in [0.05, 0.1) is 12.0 Å². The van der Waals surface area contributed by atoms with Crippen LogP contribution in [0, 0.1) is 25.2 Å². The molecule has 0 spiro atoms. The zero-order chi connectivity index (χ0) is 42.9. The lowest BCUT2D eigenvalue weighted by atomic mass is 10.0. The van der Waals surface area contributed by atoms with Gasteiger partial charge in [0.1, 0.15) is 51.0 Å². The van der Waals surface area contributed by atoms with Crippen LogP contribution in [0.15, 0.2) is 181 Å². The van der Waals surface area contributed by atoms with E-state index < -0.39 is 20.8 Å². The fourth-order valence-electron chi connectivity index (χ4n) is 5.76. The number of benzene rings is 7. The monoisotopic (exact) mass is 887 g/mol. The number of nitrogens with zero attached hydrogens (tertiary/aromatic N) is 1. The van der Waals surface area contributed by atoms with Crippen molar-refractivity contribution in [2.75, 3.05) is 0 Å². The first-order chi connectivity index (χ1) is 29.4. The molecule has 7 aromatic carbocycles. The van der Waals surface area contributed by atoms with Gasteiger partial charge in [-0.05, 0) is 141 Å². The molecule has 15 heteroatoms. The quantitative estimate of drug-likeness (QED) is 0.0310. The number of nitriles is 1. The van der Waals surface area contributed by atoms with Crippen LogP contribution < -0.4 is 14.2 Å². The minimum atomic E-state index is -4.80. The lowest BCUT2D eigenvalue weighted by molar-refractivity contribution is -0.432. The summed E-state index contributed by atoms with van der Waals surface area (Å²) >= 11 is 3.80. The topological polar surface area (TPSA) is 162 Å². The largest absolute Gasteiger partial charge is 0.456 e. The van der Waals surface area contributed by atoms with Crippen LogP contribution in [0.5, 0.6) is 34.5 Å². The minimum Gasteiger partial charge on any atom is -0.456 e. The molecule has 0 unspecified atom stereocenters. The normalized spacial score (nSPS) is 11.1. The van der Waals surface area contributed by atoms with E-state index in [1.807, 2.05) is 36.4 Å². The first-order valence-electron chi connectivity index (χ1n) is 18.2. The second-order valence-electron chi connectivity index (χ2n) is 13.2. The predicted molar refractivity (Wildman–Crippen MR) is 232 cm³/mol. The van der Waals surface area contributed by atoms with Crippen molar-refractivity contribution in [3.63, 3.8) is 0 Å². The summed E-state index contributed by atoms with van der Waals surface area (Å²) in [5.74, 6) is 1.41. The van der Waals surface area contributed by atoms with Crippen molar-refractivity contribution in [1.29, 1.82) is 5.26 Å². The van der Waals surface area contributed by atoms with Gasteiger partial charge in [-0.15, -0.1) is 4.33 Å². The Kier molecular flexibility index (Phi) is 13.8. The fraction of sp³-hybridized carbons (Fsp3) is 0.0435. The van der Waals surface area contributed by atoms with Crippen molar-refractivity contribution in [3.8, 4) is 40.6 Å². The molecule has 0 aromatic heterocycles. The zero-order valence-corrected chi connectivity index (χ0v) is 35.4. The van der Waals surface area contributed by atoms with Crippen LogP contribution in [0.2, 0.25) is 0 Å². The van der Waals surface area contributed by atoms with Gasteiger partial charge in [0.25, 0.3) is 10.1 Å². The Morgan fingerprint density at radius 2 is 1.07 bits per heavy atom. The van der Waals surface area contributed by atoms with E-state index in [1.54, 1.807) is 85.4 Å². The third-order valence-electron chi connectivity index (χ3n) is 8.84. The summed E-state index contributed by atoms with van der Waals surface area (Å²) in [7, 11) is -4.80. The van der Waals surface area contributed by atoms with Crippen molar-refractivity contribution < 1.29 is 46.6 Å². The fourth-order valence-corrected chi connectivity index (χ4v) is 8.51. The number of hydrogen-bond donors (Lipinski definition) is 2. The first-order valence-corrected chi connectivity index (χ1v) is 22.0. The number of carbonyl (C=O) groups is 1. The highest BCUT2D eigenvalue weighted by Gasteiger charge is 2.22. The summed E-state index contributed by atoms with van der Waals surface area (Å²) in [6, 6.07) is 46.1. The molecule has 0 saturated heterocycles. The number of ether oxygens (including phenoxy) is 3. The van der Waals surface area contributed by atoms with E-state index in [4.69, 9.17) is 19.5 Å². The van der Waals surface area contributed by atoms with Crippen molar-refractivity contribution in [2.45, 2.75) is 43.2 Å². The Labute approximate surface area is 364 Å². The van der Waals surface area contributed by atoms with Gasteiger partial charge < -0.3 is 14.2 Å². The first kappa shape index (κ1) is 43.0. The summed E-state index contributed by atoms with van der Waals surface area (Å²) in [5, 5.41) is 22.2. The van der Waals surface area contributed by atoms with Crippen LogP contribution in [0.25, 0.3) is 0 Å². The highest BCUT2D eigenvalue weighted by molar-refractivity contribution is 7.99. The molecule has 0 aliphatic heterocycles. The summed E-state index contributed by atoms with van der Waals surface area (Å²) in [4.78, 5) is 17.1. The van der Waals surface area contributed by atoms with Crippen LogP contribution in [0.4, 0.5) is 0 Å². The van der Waals surface area contributed by atoms with Crippen LogP contribution in [0.3, 0.4) is 0 Å². The van der Waals surface area contributed by atoms with Gasteiger partial charge in [-0.3, -0.25) is 9.35 Å². The maximum absolute atomic E-state index is 13.3. The Hall–Kier alpha value is -6.06. The summed E-state index contributed by atoms with van der Waals surface area (Å²) < 4.78 is 57.4. The maximum atomic E-state index is 13.3. The molecule has 61 heavy (non-hydrogen) atoms. The zero-order valence-electron chi connectivity index (χ0n) is 32.2. The Bertz CT molecular complexity index is 2830. The molecule has 0 radical (unpaired) electrons. The van der Waals surface area contributed by atoms with Gasteiger partial charge in [0, 0.05) is 35.6 Å². The molecule has 7 rings (SSSR count). The molecule has 0 bridgehead atoms. The van der Waals surface area contributed by atoms with E-state index in [0.29, 0.717) is 39.9 Å². The molecule has 0 aliphatic rings. The molecule has 2 N–H and O–H groups in total. The second-order valence-corrected chi connectivity index (χ2v) is 17.6. The lowest BCUT2D eigenvalue weighted by Crippen LogP contribution is -2.07. The number of aryl methyl sites for hydroxylation is 2. The smallest absolute Gasteiger partial charge is 0.298 e. The molecule has 11 nitrogen and oxygen atoms in total. The molecule has 7 aromatic rings. The van der Waals surface area contributed by atoms with Gasteiger partial charge in [-0.2, -0.15) is 13.7 Å². The molecule has 0 atom stereocenters. The van der Waals surface area contributed by atoms with Crippen LogP contribution in [0.1, 0.15) is 32.6 Å². The summed E-state index contributed by atoms with van der Waals surface area (Å²) in [6.07, 6.45) is 0. The van der Waals surface area contributed by atoms with Crippen LogP contribution in [-0.2, 0) is 19.5 Å². The highest BCUT2D eigenvalue weighted by Crippen LogP contribution is 2.38. The van der Waals surface area contributed by atoms with Gasteiger partial charge >= 0.3 is 0 Å². The molecule has 0 fully saturated rings. The average Bonchev–Trinajstić information content (AvgIpc) is 3.26. The Morgan fingerprint density at radius 3 is 1.54 bits per heavy atom. The van der Waals surface area contributed by atoms with E-state index in [2.05, 4.69) is 46.6 Å². The summed E-state index contributed by atoms with van der Waals surface area (Å²) in [5.41, 5.74) is 2.39. The van der Waals surface area contributed by atoms with E-state index in [0.717, 1.165) is 31.2 Å². The highest BCUT2D eigenvalue weighted by atomic mass is 32.2. The Balaban J connectivity index is 0.975. The van der Waals surface area contributed by atoms with Crippen molar-refractivity contribution in [1.82, 2.24) is 0 Å². The molecular formula is C46H33NO10S4. The van der Waals surface area contributed by atoms with Gasteiger partial charge in [0.2, 0.25) is 0 Å². The predicted octanol–water partition coefficient (Wildman–Crippen LogP) is 12.8. The average molecular weight is 888 g/mol. The standard InChI is InChI=1S/C46H33NO10S4/c1-29-6-17-36(18-7-29)58-37-19-11-33(12-20-37)53-41-4-3-5-42(40(41)28-47)54-34-13-21-38(22-14-34)59-39-23-15-35(16-24-39)55-43-25-10-32(27-45(43)61(50,51)52)46(48)31-9-8-30(2)44(26-31)60-57-56-49/h3-27,49H,1-2H3,(H,50,51,52). The second kappa shape index (κ2) is 19.5. The van der Waals surface area contributed by atoms with Crippen LogP contribution in [-0.4, -0.2) is 24.0 Å². The summed E-state index contributed by atoms with van der Waals surface area (Å²) in [6.45, 7) is 3.82. The lowest BCUT2D eigenvalue weighted by Gasteiger charge is -2.13. The van der Waals surface area contributed by atoms with E-state index in [-0.39, 0.29) is 28.2 Å². The number of ketones is 1. The van der Waals surface area contributed by atoms with E-state index >= 15 is 0 Å². The van der Waals surface area contributed by atoms with Gasteiger partial charge in [0.15, 0.2) is 5.78 Å². The number of rotatable bonds is 16. The third-order valence-corrected chi connectivity index (χ3v) is 12.5. The molecule has 0 heterocycles. The number of carbonyl (C=O) groups excluding carboxylic acids is 1. The van der Waals surface area contributed by atoms with Gasteiger partial charge in [-0.1, -0.05) is 64.5 Å².